The predicted octanol–water partition coefficient (Wildman–Crippen LogP) is 2.49. The number of rotatable bonds is 3. The molecule has 2 rings (SSSR count). The summed E-state index contributed by atoms with van der Waals surface area (Å²) in [5, 5.41) is 9.59. The molecule has 0 radical (unpaired) electrons. The van der Waals surface area contributed by atoms with Crippen LogP contribution in [0.25, 0.3) is 0 Å². The van der Waals surface area contributed by atoms with Crippen LogP contribution < -0.4 is 4.72 Å². The van der Waals surface area contributed by atoms with E-state index in [-0.39, 0.29) is 15.3 Å². The third-order valence-electron chi connectivity index (χ3n) is 3.43. The molecule has 0 spiro atoms. The third kappa shape index (κ3) is 2.42. The van der Waals surface area contributed by atoms with E-state index in [0.29, 0.717) is 10.8 Å². The minimum Gasteiger partial charge on any atom is -0.392 e. The number of halogens is 2. The SMILES string of the molecule is CC1(C)C(O)CC1NS(=O)(=O)c1cc(Cl)sc1Cl. The molecule has 2 atom stereocenters. The first kappa shape index (κ1) is 14.6. The van der Waals surface area contributed by atoms with Gasteiger partial charge < -0.3 is 5.11 Å². The molecule has 0 aromatic carbocycles. The topological polar surface area (TPSA) is 66.4 Å². The summed E-state index contributed by atoms with van der Waals surface area (Å²) in [5.41, 5.74) is -0.473. The van der Waals surface area contributed by atoms with Crippen LogP contribution in [0.2, 0.25) is 8.67 Å². The van der Waals surface area contributed by atoms with Crippen molar-refractivity contribution in [1.82, 2.24) is 4.72 Å². The van der Waals surface area contributed by atoms with E-state index >= 15 is 0 Å². The van der Waals surface area contributed by atoms with Crippen molar-refractivity contribution in [1.29, 1.82) is 0 Å². The molecule has 18 heavy (non-hydrogen) atoms. The van der Waals surface area contributed by atoms with Gasteiger partial charge in [-0.2, -0.15) is 0 Å². The van der Waals surface area contributed by atoms with Gasteiger partial charge in [0.1, 0.15) is 9.23 Å². The highest BCUT2D eigenvalue weighted by Gasteiger charge is 2.49. The second-order valence-corrected chi connectivity index (χ2v) is 8.90. The van der Waals surface area contributed by atoms with E-state index in [4.69, 9.17) is 23.2 Å². The first-order valence-electron chi connectivity index (χ1n) is 5.30. The van der Waals surface area contributed by atoms with Crippen molar-refractivity contribution < 1.29 is 13.5 Å². The molecule has 1 saturated carbocycles. The molecule has 1 aliphatic rings. The van der Waals surface area contributed by atoms with Crippen LogP contribution in [0.5, 0.6) is 0 Å². The molecule has 1 heterocycles. The number of hydrogen-bond acceptors (Lipinski definition) is 4. The van der Waals surface area contributed by atoms with Gasteiger partial charge in [-0.15, -0.1) is 11.3 Å². The Labute approximate surface area is 120 Å². The van der Waals surface area contributed by atoms with E-state index in [2.05, 4.69) is 4.72 Å². The normalized spacial score (nSPS) is 26.9. The minimum atomic E-state index is -3.69. The summed E-state index contributed by atoms with van der Waals surface area (Å²) in [7, 11) is -3.69. The van der Waals surface area contributed by atoms with Gasteiger partial charge in [0.15, 0.2) is 0 Å². The number of sulfonamides is 1. The summed E-state index contributed by atoms with van der Waals surface area (Å²) in [6.45, 7) is 3.63. The summed E-state index contributed by atoms with van der Waals surface area (Å²) in [6, 6.07) is 1.03. The van der Waals surface area contributed by atoms with Crippen molar-refractivity contribution >= 4 is 44.6 Å². The third-order valence-corrected chi connectivity index (χ3v) is 6.65. The van der Waals surface area contributed by atoms with Crippen molar-refractivity contribution in [3.05, 3.63) is 14.7 Å². The van der Waals surface area contributed by atoms with Crippen LogP contribution in [0, 0.1) is 5.41 Å². The quantitative estimate of drug-likeness (QED) is 0.895. The van der Waals surface area contributed by atoms with E-state index < -0.39 is 21.5 Å². The molecule has 8 heteroatoms. The summed E-state index contributed by atoms with van der Waals surface area (Å²) in [6.07, 6.45) is -0.0893. The van der Waals surface area contributed by atoms with E-state index in [0.717, 1.165) is 11.3 Å². The second kappa shape index (κ2) is 4.61. The van der Waals surface area contributed by atoms with Crippen LogP contribution in [0.4, 0.5) is 0 Å². The lowest BCUT2D eigenvalue weighted by Crippen LogP contribution is -2.61. The maximum Gasteiger partial charge on any atom is 0.243 e. The van der Waals surface area contributed by atoms with Crippen molar-refractivity contribution in [3.63, 3.8) is 0 Å². The first-order valence-corrected chi connectivity index (χ1v) is 8.35. The van der Waals surface area contributed by atoms with Gasteiger partial charge in [-0.1, -0.05) is 37.0 Å². The molecule has 0 saturated heterocycles. The fourth-order valence-corrected chi connectivity index (χ4v) is 5.42. The minimum absolute atomic E-state index is 0.00337. The number of aliphatic hydroxyl groups excluding tert-OH is 1. The Morgan fingerprint density at radius 2 is 2.11 bits per heavy atom. The molecule has 0 amide bonds. The molecule has 0 aliphatic heterocycles. The second-order valence-electron chi connectivity index (χ2n) is 4.94. The van der Waals surface area contributed by atoms with Gasteiger partial charge in [0.25, 0.3) is 0 Å². The molecular weight excluding hydrogens is 317 g/mol. The highest BCUT2D eigenvalue weighted by Crippen LogP contribution is 2.42. The Morgan fingerprint density at radius 1 is 1.50 bits per heavy atom. The van der Waals surface area contributed by atoms with Crippen molar-refractivity contribution in [2.45, 2.75) is 37.3 Å². The summed E-state index contributed by atoms with van der Waals surface area (Å²) >= 11 is 12.6. The summed E-state index contributed by atoms with van der Waals surface area (Å²) < 4.78 is 27.3. The van der Waals surface area contributed by atoms with Gasteiger partial charge in [-0.05, 0) is 12.5 Å². The number of aliphatic hydroxyl groups is 1. The van der Waals surface area contributed by atoms with Gasteiger partial charge in [-0.25, -0.2) is 13.1 Å². The molecule has 1 aromatic rings. The molecule has 1 aromatic heterocycles. The van der Waals surface area contributed by atoms with Crippen LogP contribution in [-0.2, 0) is 10.0 Å². The van der Waals surface area contributed by atoms with E-state index in [1.165, 1.54) is 6.07 Å². The molecule has 1 aliphatic carbocycles. The summed E-state index contributed by atoms with van der Waals surface area (Å²) in [4.78, 5) is -0.00337. The highest BCUT2D eigenvalue weighted by atomic mass is 35.5. The van der Waals surface area contributed by atoms with E-state index in [9.17, 15) is 13.5 Å². The van der Waals surface area contributed by atoms with Crippen LogP contribution in [-0.4, -0.2) is 25.7 Å². The predicted molar refractivity (Wildman–Crippen MR) is 72.9 cm³/mol. The smallest absolute Gasteiger partial charge is 0.243 e. The maximum atomic E-state index is 12.1. The largest absolute Gasteiger partial charge is 0.392 e. The van der Waals surface area contributed by atoms with Gasteiger partial charge in [0.05, 0.1) is 10.4 Å². The monoisotopic (exact) mass is 329 g/mol. The lowest BCUT2D eigenvalue weighted by Gasteiger charge is -2.49. The Hall–Kier alpha value is 0.150. The van der Waals surface area contributed by atoms with Crippen molar-refractivity contribution in [2.75, 3.05) is 0 Å². The van der Waals surface area contributed by atoms with Crippen LogP contribution in [0.15, 0.2) is 11.0 Å². The Morgan fingerprint density at radius 3 is 2.50 bits per heavy atom. The Bertz CT molecular complexity index is 568. The van der Waals surface area contributed by atoms with Crippen LogP contribution in [0.3, 0.4) is 0 Å². The van der Waals surface area contributed by atoms with E-state index in [1.807, 2.05) is 13.8 Å². The first-order chi connectivity index (χ1) is 8.14. The van der Waals surface area contributed by atoms with Gasteiger partial charge in [0, 0.05) is 11.5 Å². The van der Waals surface area contributed by atoms with Crippen LogP contribution >= 0.6 is 34.5 Å². The summed E-state index contributed by atoms with van der Waals surface area (Å²) in [5.74, 6) is 0. The van der Waals surface area contributed by atoms with Crippen molar-refractivity contribution in [2.24, 2.45) is 5.41 Å². The van der Waals surface area contributed by atoms with Crippen LogP contribution in [0.1, 0.15) is 20.3 Å². The lowest BCUT2D eigenvalue weighted by molar-refractivity contribution is -0.0645. The fraction of sp³-hybridized carbons (Fsp3) is 0.600. The zero-order valence-corrected chi connectivity index (χ0v) is 12.9. The Kier molecular flexibility index (Phi) is 3.73. The van der Waals surface area contributed by atoms with Gasteiger partial charge in [0.2, 0.25) is 10.0 Å². The molecule has 4 nitrogen and oxygen atoms in total. The zero-order chi connectivity index (χ0) is 13.7. The van der Waals surface area contributed by atoms with Crippen molar-refractivity contribution in [3.8, 4) is 0 Å². The number of nitrogens with one attached hydrogen (secondary N) is 1. The van der Waals surface area contributed by atoms with Gasteiger partial charge in [-0.3, -0.25) is 0 Å². The fourth-order valence-electron chi connectivity index (χ4n) is 1.86. The van der Waals surface area contributed by atoms with E-state index in [1.54, 1.807) is 0 Å². The molecule has 102 valence electrons. The standard InChI is InChI=1S/C10H13Cl2NO3S2/c1-10(2)6(4-7(10)14)13-18(15,16)5-3-8(11)17-9(5)12/h3,6-7,13-14H,4H2,1-2H3. The molecule has 2 unspecified atom stereocenters. The molecule has 0 bridgehead atoms. The number of thiophene rings is 1. The highest BCUT2D eigenvalue weighted by molar-refractivity contribution is 7.89. The average molecular weight is 330 g/mol. The number of hydrogen-bond donors (Lipinski definition) is 2. The lowest BCUT2D eigenvalue weighted by atomic mass is 9.65. The average Bonchev–Trinajstić information content (AvgIpc) is 2.58. The molecule has 1 fully saturated rings. The molecule has 2 N–H and O–H groups in total. The Balaban J connectivity index is 2.22. The molecular formula is C10H13Cl2NO3S2. The maximum absolute atomic E-state index is 12.1. The zero-order valence-electron chi connectivity index (χ0n) is 9.78. The van der Waals surface area contributed by atoms with Gasteiger partial charge >= 0.3 is 0 Å².